The van der Waals surface area contributed by atoms with Gasteiger partial charge in [0.05, 0.1) is 44.7 Å². The summed E-state index contributed by atoms with van der Waals surface area (Å²) in [6.07, 6.45) is -3.53. The highest BCUT2D eigenvalue weighted by atomic mass is 16.4. The Morgan fingerprint density at radius 3 is 1.13 bits per heavy atom. The van der Waals surface area contributed by atoms with Crippen LogP contribution in [0.3, 0.4) is 0 Å². The fourth-order valence-electron chi connectivity index (χ4n) is 4.97. The molecule has 9 amide bonds. The largest absolute Gasteiger partial charge is 0.480 e. The number of carbonyl (C=O) groups is 10. The minimum absolute atomic E-state index is 0.00264. The van der Waals surface area contributed by atoms with E-state index in [-0.39, 0.29) is 25.2 Å². The summed E-state index contributed by atoms with van der Waals surface area (Å²) in [7, 11) is 0. The van der Waals surface area contributed by atoms with E-state index in [1.54, 1.807) is 13.8 Å². The Morgan fingerprint density at radius 1 is 0.475 bits per heavy atom. The minimum Gasteiger partial charge on any atom is -0.480 e. The monoisotopic (exact) mass is 880 g/mol. The highest BCUT2D eigenvalue weighted by molar-refractivity contribution is 5.98. The van der Waals surface area contributed by atoms with E-state index in [1.807, 2.05) is 16.0 Å². The summed E-state index contributed by atoms with van der Waals surface area (Å²) in [5.41, 5.74) is 10.7. The lowest BCUT2D eigenvalue weighted by atomic mass is 10.0. The van der Waals surface area contributed by atoms with Gasteiger partial charge in [-0.1, -0.05) is 13.8 Å². The molecule has 0 aliphatic rings. The zero-order chi connectivity index (χ0) is 47.3. The van der Waals surface area contributed by atoms with Crippen molar-refractivity contribution in [2.45, 2.75) is 120 Å². The van der Waals surface area contributed by atoms with Gasteiger partial charge in [-0.2, -0.15) is 0 Å². The molecule has 348 valence electrons. The van der Waals surface area contributed by atoms with Crippen molar-refractivity contribution in [2.75, 3.05) is 26.4 Å². The second-order valence-electron chi connectivity index (χ2n) is 14.3. The van der Waals surface area contributed by atoms with Crippen molar-refractivity contribution in [3.63, 3.8) is 0 Å². The van der Waals surface area contributed by atoms with Crippen LogP contribution in [0.15, 0.2) is 0 Å². The molecule has 27 heteroatoms. The van der Waals surface area contributed by atoms with Gasteiger partial charge in [-0.3, -0.25) is 43.2 Å². The molecular weight excluding hydrogens is 820 g/mol. The van der Waals surface area contributed by atoms with Gasteiger partial charge in [0.25, 0.3) is 0 Å². The first kappa shape index (κ1) is 55.4. The number of carbonyl (C=O) groups excluding carboxylic acids is 9. The molecule has 0 aliphatic carbocycles. The summed E-state index contributed by atoms with van der Waals surface area (Å²) < 4.78 is 0. The van der Waals surface area contributed by atoms with E-state index in [0.29, 0.717) is 0 Å². The molecule has 0 aliphatic heterocycles. The van der Waals surface area contributed by atoms with Crippen molar-refractivity contribution in [3.05, 3.63) is 0 Å². The van der Waals surface area contributed by atoms with Gasteiger partial charge in [0.1, 0.15) is 48.3 Å². The molecule has 19 N–H and O–H groups in total. The summed E-state index contributed by atoms with van der Waals surface area (Å²) in [5.74, 6) is -11.7. The summed E-state index contributed by atoms with van der Waals surface area (Å²) in [6.45, 7) is 2.21. The Kier molecular flexibility index (Phi) is 24.8. The Morgan fingerprint density at radius 2 is 0.803 bits per heavy atom. The molecule has 0 saturated heterocycles. The molecule has 0 aromatic heterocycles. The van der Waals surface area contributed by atoms with Crippen molar-refractivity contribution in [1.82, 2.24) is 42.5 Å². The molecule has 0 saturated carbocycles. The van der Waals surface area contributed by atoms with E-state index in [9.17, 15) is 83.7 Å². The van der Waals surface area contributed by atoms with Gasteiger partial charge in [-0.05, 0) is 39.5 Å². The van der Waals surface area contributed by atoms with E-state index in [1.165, 1.54) is 0 Å². The van der Waals surface area contributed by atoms with E-state index >= 15 is 0 Å². The SMILES string of the molecule is CC(C)C[C@H](NC(=O)[C@@H](NC(=O)[C@H](CO)NC(=O)[C@H](CO)NC(=O)[C@H](CO)NC(=O)[C@H](CO)NC(=O)[C@H](C)NC(=O)[C@@H](NC(=O)[C@@H](N)CCC(N)=O)[C@@H](C)O)[C@@H](C)O)C(=O)O. The summed E-state index contributed by atoms with van der Waals surface area (Å²) >= 11 is 0. The Balaban J connectivity index is 5.59. The molecule has 0 spiro atoms. The highest BCUT2D eigenvalue weighted by Gasteiger charge is 2.35. The molecule has 0 aromatic carbocycles. The molecule has 61 heavy (non-hydrogen) atoms. The second-order valence-corrected chi connectivity index (χ2v) is 14.3. The summed E-state index contributed by atoms with van der Waals surface area (Å²) in [5, 5.41) is 85.5. The summed E-state index contributed by atoms with van der Waals surface area (Å²) in [4.78, 5) is 125. The van der Waals surface area contributed by atoms with Crippen LogP contribution in [-0.4, -0.2) is 188 Å². The number of aliphatic hydroxyl groups excluding tert-OH is 6. The predicted molar refractivity (Wildman–Crippen MR) is 206 cm³/mol. The van der Waals surface area contributed by atoms with Gasteiger partial charge < -0.3 is 89.7 Å². The third kappa shape index (κ3) is 19.6. The third-order valence-electron chi connectivity index (χ3n) is 8.50. The number of carboxylic acid groups (broad SMARTS) is 1. The van der Waals surface area contributed by atoms with Crippen LogP contribution in [0.5, 0.6) is 0 Å². The van der Waals surface area contributed by atoms with Crippen molar-refractivity contribution in [1.29, 1.82) is 0 Å². The van der Waals surface area contributed by atoms with Crippen molar-refractivity contribution >= 4 is 59.1 Å². The maximum atomic E-state index is 12.9. The molecule has 0 unspecified atom stereocenters. The van der Waals surface area contributed by atoms with Gasteiger partial charge >= 0.3 is 5.97 Å². The molecule has 0 rings (SSSR count). The summed E-state index contributed by atoms with van der Waals surface area (Å²) in [6, 6.07) is -15.1. The maximum absolute atomic E-state index is 12.9. The maximum Gasteiger partial charge on any atom is 0.326 e. The van der Waals surface area contributed by atoms with Crippen molar-refractivity contribution in [3.8, 4) is 0 Å². The first-order valence-corrected chi connectivity index (χ1v) is 18.8. The fourth-order valence-corrected chi connectivity index (χ4v) is 4.97. The Hall–Kier alpha value is -5.58. The van der Waals surface area contributed by atoms with Crippen molar-refractivity contribution in [2.24, 2.45) is 17.4 Å². The molecule has 0 radical (unpaired) electrons. The van der Waals surface area contributed by atoms with E-state index in [4.69, 9.17) is 11.5 Å². The normalized spacial score (nSPS) is 16.5. The van der Waals surface area contributed by atoms with Gasteiger partial charge in [0.15, 0.2) is 0 Å². The first-order valence-electron chi connectivity index (χ1n) is 18.8. The second kappa shape index (κ2) is 27.3. The topological polar surface area (TPSA) is 461 Å². The number of hydrogen-bond donors (Lipinski definition) is 17. The Labute approximate surface area is 349 Å². The van der Waals surface area contributed by atoms with Gasteiger partial charge in [-0.15, -0.1) is 0 Å². The minimum atomic E-state index is -1.91. The molecule has 0 bridgehead atoms. The lowest BCUT2D eigenvalue weighted by Crippen LogP contribution is -2.62. The number of hydrogen-bond acceptors (Lipinski definition) is 17. The Bertz CT molecular complexity index is 1550. The fraction of sp³-hybridized carbons (Fsp3) is 0.706. The standard InChI is InChI=1S/C34H60N10O17/c1-13(2)8-18(34(60)61)38-33(59)25(16(5)50)44-31(57)22(12-48)42-30(56)21(11-47)41-29(55)20(10-46)40-28(54)19(9-45)39-26(52)14(3)37-32(58)24(15(4)49)43-27(53)17(35)6-7-23(36)51/h13-22,24-25,45-50H,6-12,35H2,1-5H3,(H2,36,51)(H,37,58)(H,38,59)(H,39,52)(H,40,54)(H,41,55)(H,42,56)(H,43,53)(H,44,57)(H,60,61)/t14-,15+,16+,17-,18-,19-,20-,21-,22-,24-,25-/m0/s1. The third-order valence-corrected chi connectivity index (χ3v) is 8.50. The van der Waals surface area contributed by atoms with Crippen LogP contribution in [-0.2, 0) is 47.9 Å². The van der Waals surface area contributed by atoms with Crippen molar-refractivity contribution < 1.29 is 83.7 Å². The van der Waals surface area contributed by atoms with Gasteiger partial charge in [0, 0.05) is 6.42 Å². The zero-order valence-corrected chi connectivity index (χ0v) is 34.2. The smallest absolute Gasteiger partial charge is 0.326 e. The lowest BCUT2D eigenvalue weighted by Gasteiger charge is -2.27. The first-order chi connectivity index (χ1) is 28.3. The zero-order valence-electron chi connectivity index (χ0n) is 34.2. The average molecular weight is 881 g/mol. The average Bonchev–Trinajstić information content (AvgIpc) is 3.18. The van der Waals surface area contributed by atoms with Crippen LogP contribution in [0.4, 0.5) is 0 Å². The number of nitrogens with one attached hydrogen (secondary N) is 8. The number of carboxylic acids is 1. The van der Waals surface area contributed by atoms with Gasteiger partial charge in [0.2, 0.25) is 53.2 Å². The van der Waals surface area contributed by atoms with Crippen LogP contribution < -0.4 is 54.0 Å². The number of aliphatic carboxylic acids is 1. The number of rotatable bonds is 28. The predicted octanol–water partition coefficient (Wildman–Crippen LogP) is -9.66. The molecular formula is C34H60N10O17. The number of amides is 9. The van der Waals surface area contributed by atoms with Crippen LogP contribution in [0.1, 0.15) is 53.9 Å². The number of nitrogens with two attached hydrogens (primary N) is 2. The molecule has 27 nitrogen and oxygen atoms in total. The number of aliphatic hydroxyl groups is 6. The number of primary amides is 1. The quantitative estimate of drug-likeness (QED) is 0.0347. The van der Waals surface area contributed by atoms with Crippen LogP contribution in [0.25, 0.3) is 0 Å². The van der Waals surface area contributed by atoms with Crippen LogP contribution in [0, 0.1) is 5.92 Å². The van der Waals surface area contributed by atoms with E-state index in [2.05, 4.69) is 26.6 Å². The van der Waals surface area contributed by atoms with Gasteiger partial charge in [-0.25, -0.2) is 4.79 Å². The van der Waals surface area contributed by atoms with Crippen LogP contribution in [0.2, 0.25) is 0 Å². The highest BCUT2D eigenvalue weighted by Crippen LogP contribution is 2.07. The van der Waals surface area contributed by atoms with Crippen LogP contribution >= 0.6 is 0 Å². The molecule has 0 aromatic rings. The molecule has 0 heterocycles. The van der Waals surface area contributed by atoms with E-state index in [0.717, 1.165) is 20.8 Å². The van der Waals surface area contributed by atoms with E-state index < -0.39 is 152 Å². The lowest BCUT2D eigenvalue weighted by molar-refractivity contribution is -0.143. The molecule has 0 fully saturated rings. The molecule has 11 atom stereocenters.